The Balaban J connectivity index is 1.70. The molecule has 10 heteroatoms. The third-order valence-corrected chi connectivity index (χ3v) is 4.97. The highest BCUT2D eigenvalue weighted by atomic mass is 19.1. The van der Waals surface area contributed by atoms with E-state index in [1.54, 1.807) is 0 Å². The number of terminal acetylenes is 1. The minimum atomic E-state index is -1.52. The van der Waals surface area contributed by atoms with Crippen LogP contribution in [0.3, 0.4) is 0 Å². The van der Waals surface area contributed by atoms with Gasteiger partial charge in [-0.05, 0) is 6.42 Å². The Hall–Kier alpha value is -2.77. The average Bonchev–Trinajstić information content (AvgIpc) is 3.25. The maximum Gasteiger partial charge on any atom is 0.312 e. The molecule has 156 valence electrons. The number of ether oxygens (including phenoxy) is 2. The number of nitrogen functional groups attached to an aromatic ring is 1. The maximum atomic E-state index is 13.6. The van der Waals surface area contributed by atoms with Crippen LogP contribution in [0.5, 0.6) is 0 Å². The van der Waals surface area contributed by atoms with Crippen LogP contribution >= 0.6 is 0 Å². The predicted octanol–water partition coefficient (Wildman–Crippen LogP) is 1.71. The van der Waals surface area contributed by atoms with Gasteiger partial charge in [-0.2, -0.15) is 14.4 Å². The number of aromatic nitrogens is 4. The summed E-state index contributed by atoms with van der Waals surface area (Å²) in [6.07, 6.45) is 8.23. The highest BCUT2D eigenvalue weighted by molar-refractivity contribution is 5.81. The lowest BCUT2D eigenvalue weighted by atomic mass is 9.99. The molecule has 3 rings (SSSR count). The lowest BCUT2D eigenvalue weighted by Gasteiger charge is -2.26. The van der Waals surface area contributed by atoms with Crippen molar-refractivity contribution < 1.29 is 23.8 Å². The molecule has 0 aromatic carbocycles. The molecular formula is C19H24FN5O4. The van der Waals surface area contributed by atoms with Crippen LogP contribution in [-0.4, -0.2) is 48.9 Å². The second-order valence-corrected chi connectivity index (χ2v) is 7.03. The number of aliphatic hydroxyl groups excluding tert-OH is 1. The monoisotopic (exact) mass is 405 g/mol. The van der Waals surface area contributed by atoms with Crippen molar-refractivity contribution in [1.29, 1.82) is 0 Å². The van der Waals surface area contributed by atoms with Gasteiger partial charge < -0.3 is 20.3 Å². The first-order valence-corrected chi connectivity index (χ1v) is 9.55. The van der Waals surface area contributed by atoms with Crippen LogP contribution in [0.2, 0.25) is 0 Å². The minimum absolute atomic E-state index is 0.0786. The number of esters is 1. The van der Waals surface area contributed by atoms with E-state index in [-0.39, 0.29) is 36.4 Å². The number of anilines is 1. The van der Waals surface area contributed by atoms with Gasteiger partial charge in [-0.1, -0.05) is 32.1 Å². The van der Waals surface area contributed by atoms with Gasteiger partial charge >= 0.3 is 12.0 Å². The lowest BCUT2D eigenvalue weighted by Crippen LogP contribution is -2.43. The number of carbonyl (C=O) groups is 1. The molecule has 0 spiro atoms. The molecule has 2 aromatic rings. The van der Waals surface area contributed by atoms with Gasteiger partial charge in [-0.3, -0.25) is 9.36 Å². The third kappa shape index (κ3) is 4.31. The largest absolute Gasteiger partial charge is 0.461 e. The fourth-order valence-electron chi connectivity index (χ4n) is 3.30. The minimum Gasteiger partial charge on any atom is -0.461 e. The molecule has 1 aliphatic heterocycles. The van der Waals surface area contributed by atoms with Crippen molar-refractivity contribution in [2.24, 2.45) is 0 Å². The summed E-state index contributed by atoms with van der Waals surface area (Å²) >= 11 is 0. The molecule has 3 atom stereocenters. The summed E-state index contributed by atoms with van der Waals surface area (Å²) in [5.74, 6) is 1.90. The van der Waals surface area contributed by atoms with Crippen molar-refractivity contribution >= 4 is 23.0 Å². The van der Waals surface area contributed by atoms with Crippen molar-refractivity contribution in [3.63, 3.8) is 0 Å². The van der Waals surface area contributed by atoms with E-state index in [0.717, 1.165) is 25.7 Å². The molecule has 2 aromatic heterocycles. The molecular weight excluding hydrogens is 381 g/mol. The summed E-state index contributed by atoms with van der Waals surface area (Å²) in [4.78, 5) is 23.2. The van der Waals surface area contributed by atoms with E-state index in [1.165, 1.54) is 10.9 Å². The van der Waals surface area contributed by atoms with Gasteiger partial charge in [0, 0.05) is 12.8 Å². The second-order valence-electron chi connectivity index (χ2n) is 7.03. The number of fused-ring (bicyclic) bond motifs is 1. The Morgan fingerprint density at radius 1 is 1.52 bits per heavy atom. The van der Waals surface area contributed by atoms with Crippen LogP contribution in [0.25, 0.3) is 11.2 Å². The van der Waals surface area contributed by atoms with E-state index in [9.17, 15) is 14.3 Å². The van der Waals surface area contributed by atoms with Crippen molar-refractivity contribution in [2.75, 3.05) is 12.3 Å². The van der Waals surface area contributed by atoms with Crippen LogP contribution in [0.1, 0.15) is 51.7 Å². The second kappa shape index (κ2) is 8.71. The predicted molar refractivity (Wildman–Crippen MR) is 102 cm³/mol. The number of hydrogen-bond donors (Lipinski definition) is 2. The Bertz CT molecular complexity index is 927. The van der Waals surface area contributed by atoms with Gasteiger partial charge in [0.15, 0.2) is 22.6 Å². The number of carbonyl (C=O) groups excluding carboxylic acids is 1. The lowest BCUT2D eigenvalue weighted by molar-refractivity contribution is -0.156. The Kier molecular flexibility index (Phi) is 6.30. The molecule has 0 bridgehead atoms. The third-order valence-electron chi connectivity index (χ3n) is 4.97. The van der Waals surface area contributed by atoms with E-state index in [2.05, 4.69) is 27.8 Å². The SMILES string of the molecule is C#C[C@]1(COC(=O)CCCCCC)O[C@@H](n2cnc3c(N)nc(F)nc32)C[C@@H]1O. The molecule has 1 saturated heterocycles. The summed E-state index contributed by atoms with van der Waals surface area (Å²) in [7, 11) is 0. The highest BCUT2D eigenvalue weighted by Crippen LogP contribution is 2.38. The summed E-state index contributed by atoms with van der Waals surface area (Å²) in [5.41, 5.74) is 4.48. The Morgan fingerprint density at radius 2 is 2.31 bits per heavy atom. The van der Waals surface area contributed by atoms with Gasteiger partial charge in [-0.15, -0.1) is 6.42 Å². The smallest absolute Gasteiger partial charge is 0.312 e. The maximum absolute atomic E-state index is 13.6. The molecule has 9 nitrogen and oxygen atoms in total. The fourth-order valence-corrected chi connectivity index (χ4v) is 3.30. The number of imidazole rings is 1. The molecule has 0 amide bonds. The molecule has 0 unspecified atom stereocenters. The van der Waals surface area contributed by atoms with Crippen molar-refractivity contribution in [2.45, 2.75) is 63.4 Å². The van der Waals surface area contributed by atoms with Crippen LogP contribution in [-0.2, 0) is 14.3 Å². The molecule has 3 heterocycles. The number of nitrogens with zero attached hydrogens (tertiary/aromatic N) is 4. The zero-order valence-corrected chi connectivity index (χ0v) is 16.2. The Labute approximate surface area is 167 Å². The summed E-state index contributed by atoms with van der Waals surface area (Å²) in [6, 6.07) is 0. The van der Waals surface area contributed by atoms with Crippen LogP contribution in [0.15, 0.2) is 6.33 Å². The first-order chi connectivity index (χ1) is 13.9. The molecule has 0 aliphatic carbocycles. The molecule has 0 saturated carbocycles. The highest BCUT2D eigenvalue weighted by Gasteiger charge is 2.49. The molecule has 0 radical (unpaired) electrons. The van der Waals surface area contributed by atoms with E-state index in [0.29, 0.717) is 0 Å². The number of nitrogens with two attached hydrogens (primary N) is 1. The van der Waals surface area contributed by atoms with Crippen molar-refractivity contribution in [3.05, 3.63) is 12.4 Å². The van der Waals surface area contributed by atoms with Gasteiger partial charge in [0.05, 0.1) is 6.33 Å². The van der Waals surface area contributed by atoms with Crippen molar-refractivity contribution in [1.82, 2.24) is 19.5 Å². The molecule has 1 aliphatic rings. The summed E-state index contributed by atoms with van der Waals surface area (Å²) < 4.78 is 26.1. The number of hydrogen-bond acceptors (Lipinski definition) is 8. The fraction of sp³-hybridized carbons (Fsp3) is 0.579. The topological polar surface area (TPSA) is 125 Å². The zero-order chi connectivity index (χ0) is 21.0. The first-order valence-electron chi connectivity index (χ1n) is 9.55. The van der Waals surface area contributed by atoms with Crippen LogP contribution < -0.4 is 5.73 Å². The molecule has 3 N–H and O–H groups in total. The van der Waals surface area contributed by atoms with Gasteiger partial charge in [0.25, 0.3) is 0 Å². The van der Waals surface area contributed by atoms with E-state index in [1.807, 2.05) is 0 Å². The van der Waals surface area contributed by atoms with Crippen molar-refractivity contribution in [3.8, 4) is 12.3 Å². The number of unbranched alkanes of at least 4 members (excludes halogenated alkanes) is 3. The summed E-state index contributed by atoms with van der Waals surface area (Å²) in [5, 5.41) is 10.5. The quantitative estimate of drug-likeness (QED) is 0.294. The standard InChI is InChI=1S/C19H24FN5O4/c1-3-5-6-7-8-14(27)28-10-19(4-2)12(26)9-13(29-19)25-11-22-15-16(21)23-18(20)24-17(15)25/h2,11-13,26H,3,5-10H2,1H3,(H2,21,23,24)/t12-,13+,19+/m0/s1. The number of rotatable bonds is 8. The average molecular weight is 405 g/mol. The van der Waals surface area contributed by atoms with E-state index < -0.39 is 30.0 Å². The van der Waals surface area contributed by atoms with Gasteiger partial charge in [0.2, 0.25) is 0 Å². The zero-order valence-electron chi connectivity index (χ0n) is 16.2. The van der Waals surface area contributed by atoms with E-state index in [4.69, 9.17) is 21.6 Å². The van der Waals surface area contributed by atoms with Crippen LogP contribution in [0.4, 0.5) is 10.2 Å². The van der Waals surface area contributed by atoms with Crippen LogP contribution in [0, 0.1) is 18.4 Å². The van der Waals surface area contributed by atoms with E-state index >= 15 is 0 Å². The molecule has 1 fully saturated rings. The normalized spacial score (nSPS) is 23.9. The van der Waals surface area contributed by atoms with Gasteiger partial charge in [0.1, 0.15) is 18.9 Å². The summed E-state index contributed by atoms with van der Waals surface area (Å²) in [6.45, 7) is 1.80. The van der Waals surface area contributed by atoms with Gasteiger partial charge in [-0.25, -0.2) is 4.98 Å². The number of halogens is 1. The molecule has 29 heavy (non-hydrogen) atoms. The number of aliphatic hydroxyl groups is 1. The first kappa shape index (κ1) is 21.0. The Morgan fingerprint density at radius 3 is 3.03 bits per heavy atom.